The maximum absolute atomic E-state index is 8.94. The van der Waals surface area contributed by atoms with Crippen molar-refractivity contribution in [3.05, 3.63) is 77.0 Å². The fourth-order valence-electron chi connectivity index (χ4n) is 3.47. The molecule has 1 fully saturated rings. The van der Waals surface area contributed by atoms with Crippen LogP contribution < -0.4 is 21.3 Å². The topological polar surface area (TPSA) is 89.3 Å². The molecule has 0 spiro atoms. The summed E-state index contributed by atoms with van der Waals surface area (Å²) in [4.78, 5) is 13.8. The Hall–Kier alpha value is -3.38. The van der Waals surface area contributed by atoms with Crippen molar-refractivity contribution in [3.8, 4) is 17.0 Å². The Labute approximate surface area is 183 Å². The van der Waals surface area contributed by atoms with E-state index in [4.69, 9.17) is 14.5 Å². The van der Waals surface area contributed by atoms with Gasteiger partial charge < -0.3 is 10.1 Å². The largest absolute Gasteiger partial charge is 0.489 e. The van der Waals surface area contributed by atoms with Gasteiger partial charge in [-0.25, -0.2) is 5.84 Å². The van der Waals surface area contributed by atoms with Gasteiger partial charge in [0.05, 0.1) is 5.69 Å². The van der Waals surface area contributed by atoms with Crippen LogP contribution in [0.4, 0.5) is 5.69 Å². The van der Waals surface area contributed by atoms with Gasteiger partial charge in [-0.15, -0.1) is 0 Å². The number of aromatic nitrogens is 1. The third kappa shape index (κ3) is 5.83. The molecule has 1 aliphatic rings. The molecule has 3 aromatic rings. The summed E-state index contributed by atoms with van der Waals surface area (Å²) >= 11 is 0. The maximum Gasteiger partial charge on any atom is 0.221 e. The van der Waals surface area contributed by atoms with Crippen molar-refractivity contribution in [1.29, 1.82) is 0 Å². The van der Waals surface area contributed by atoms with Crippen molar-refractivity contribution in [1.82, 2.24) is 10.4 Å². The van der Waals surface area contributed by atoms with Gasteiger partial charge in [-0.3, -0.25) is 15.2 Å². The lowest BCUT2D eigenvalue weighted by Gasteiger charge is -2.15. The number of hydrogen-bond donors (Lipinski definition) is 3. The van der Waals surface area contributed by atoms with E-state index in [9.17, 15) is 0 Å². The number of ether oxygens (including phenoxy) is 1. The van der Waals surface area contributed by atoms with Gasteiger partial charge in [0.25, 0.3) is 0 Å². The number of benzene rings is 2. The lowest BCUT2D eigenvalue weighted by Crippen LogP contribution is -2.18. The van der Waals surface area contributed by atoms with E-state index in [0.717, 1.165) is 28.3 Å². The first-order valence-electron chi connectivity index (χ1n) is 10.4. The van der Waals surface area contributed by atoms with Crippen molar-refractivity contribution in [2.24, 2.45) is 5.84 Å². The molecule has 6 heteroatoms. The normalized spacial score (nSPS) is 12.4. The first-order chi connectivity index (χ1) is 15.1. The number of carbonyl (C=O) groups excluding carboxylic acids is 1. The molecular formula is C25H30N4O2. The van der Waals surface area contributed by atoms with Gasteiger partial charge in [-0.2, -0.15) is 0 Å². The fourth-order valence-corrected chi connectivity index (χ4v) is 3.47. The van der Waals surface area contributed by atoms with Crippen LogP contribution in [0.1, 0.15) is 41.1 Å². The summed E-state index contributed by atoms with van der Waals surface area (Å²) in [6, 6.07) is 19.0. The van der Waals surface area contributed by atoms with E-state index in [0.29, 0.717) is 18.9 Å². The molecule has 31 heavy (non-hydrogen) atoms. The number of pyridine rings is 1. The zero-order valence-electron chi connectivity index (χ0n) is 18.3. The molecule has 4 N–H and O–H groups in total. The molecule has 1 heterocycles. The summed E-state index contributed by atoms with van der Waals surface area (Å²) in [5, 5.41) is 3.25. The summed E-state index contributed by atoms with van der Waals surface area (Å²) < 4.78 is 6.15. The minimum atomic E-state index is 0.403. The summed E-state index contributed by atoms with van der Waals surface area (Å²) in [5.74, 6) is 6.00. The van der Waals surface area contributed by atoms with Gasteiger partial charge in [0.15, 0.2) is 0 Å². The third-order valence-electron chi connectivity index (χ3n) is 5.36. The van der Waals surface area contributed by atoms with Gasteiger partial charge in [-0.1, -0.05) is 18.2 Å². The minimum absolute atomic E-state index is 0.403. The minimum Gasteiger partial charge on any atom is -0.489 e. The van der Waals surface area contributed by atoms with Crippen LogP contribution in [0, 0.1) is 13.8 Å². The van der Waals surface area contributed by atoms with E-state index >= 15 is 0 Å². The number of nitrogens with one attached hydrogen (secondary N) is 2. The van der Waals surface area contributed by atoms with Crippen molar-refractivity contribution in [2.75, 3.05) is 12.4 Å². The number of hydrazine groups is 1. The number of aryl methyl sites for hydroxylation is 2. The second kappa shape index (κ2) is 10.6. The van der Waals surface area contributed by atoms with Crippen LogP contribution in [-0.2, 0) is 11.4 Å². The van der Waals surface area contributed by atoms with Gasteiger partial charge in [0.1, 0.15) is 12.4 Å². The fraction of sp³-hybridized carbons (Fsp3) is 0.280. The smallest absolute Gasteiger partial charge is 0.221 e. The van der Waals surface area contributed by atoms with Crippen molar-refractivity contribution in [2.45, 2.75) is 39.2 Å². The quantitative estimate of drug-likeness (QED) is 0.228. The first kappa shape index (κ1) is 22.3. The average Bonchev–Trinajstić information content (AvgIpc) is 3.64. The van der Waals surface area contributed by atoms with Crippen molar-refractivity contribution < 1.29 is 9.53 Å². The molecule has 0 atom stereocenters. The van der Waals surface area contributed by atoms with E-state index in [1.54, 1.807) is 5.43 Å². The number of nitrogens with zero attached hydrogens (tertiary/aromatic N) is 1. The Bertz CT molecular complexity index is 1030. The average molecular weight is 419 g/mol. The lowest BCUT2D eigenvalue weighted by atomic mass is 10.1. The monoisotopic (exact) mass is 418 g/mol. The van der Waals surface area contributed by atoms with Gasteiger partial charge in [-0.05, 0) is 74.2 Å². The summed E-state index contributed by atoms with van der Waals surface area (Å²) in [7, 11) is 1.95. The standard InChI is InChI=1S/C24H26N2O.CH4N2O/c1-16-6-4-9-23(25-3)20(16)15-27-24-13-12-19(14-17(24)2)22-8-5-7-21(26-22)18-10-11-18;2-3-1-4/h4-9,12-14,18,25H,10-11,15H2,1-3H3;1H,2H2,(H,3,4). The summed E-state index contributed by atoms with van der Waals surface area (Å²) in [6.07, 6.45) is 2.95. The predicted octanol–water partition coefficient (Wildman–Crippen LogP) is 4.47. The van der Waals surface area contributed by atoms with Crippen LogP contribution in [0.3, 0.4) is 0 Å². The van der Waals surface area contributed by atoms with Gasteiger partial charge in [0, 0.05) is 35.5 Å². The Kier molecular flexibility index (Phi) is 7.62. The molecule has 0 saturated heterocycles. The summed E-state index contributed by atoms with van der Waals surface area (Å²) in [5.41, 5.74) is 9.85. The zero-order valence-corrected chi connectivity index (χ0v) is 18.3. The molecule has 4 rings (SSSR count). The highest BCUT2D eigenvalue weighted by molar-refractivity contribution is 5.62. The molecular weight excluding hydrogens is 388 g/mol. The van der Waals surface area contributed by atoms with E-state index < -0.39 is 0 Å². The highest BCUT2D eigenvalue weighted by Crippen LogP contribution is 2.39. The van der Waals surface area contributed by atoms with Crippen LogP contribution in [0.2, 0.25) is 0 Å². The number of nitrogens with two attached hydrogens (primary N) is 1. The van der Waals surface area contributed by atoms with E-state index in [1.807, 2.05) is 7.05 Å². The van der Waals surface area contributed by atoms with E-state index in [2.05, 4.69) is 79.6 Å². The molecule has 6 nitrogen and oxygen atoms in total. The number of carbonyl (C=O) groups is 1. The molecule has 1 aliphatic carbocycles. The van der Waals surface area contributed by atoms with Crippen LogP contribution in [0.25, 0.3) is 11.3 Å². The summed E-state index contributed by atoms with van der Waals surface area (Å²) in [6.45, 7) is 4.77. The molecule has 0 radical (unpaired) electrons. The maximum atomic E-state index is 8.94. The first-order valence-corrected chi connectivity index (χ1v) is 10.4. The van der Waals surface area contributed by atoms with Crippen LogP contribution in [-0.4, -0.2) is 18.4 Å². The van der Waals surface area contributed by atoms with Crippen LogP contribution >= 0.6 is 0 Å². The zero-order chi connectivity index (χ0) is 22.2. The third-order valence-corrected chi connectivity index (χ3v) is 5.36. The molecule has 0 unspecified atom stereocenters. The highest BCUT2D eigenvalue weighted by Gasteiger charge is 2.25. The Morgan fingerprint density at radius 2 is 1.84 bits per heavy atom. The number of hydrogen-bond acceptors (Lipinski definition) is 5. The Morgan fingerprint density at radius 1 is 1.10 bits per heavy atom. The van der Waals surface area contributed by atoms with Gasteiger partial charge >= 0.3 is 0 Å². The molecule has 2 aromatic carbocycles. The predicted molar refractivity (Wildman–Crippen MR) is 125 cm³/mol. The Balaban J connectivity index is 0.000000628. The lowest BCUT2D eigenvalue weighted by molar-refractivity contribution is -0.109. The molecule has 1 amide bonds. The highest BCUT2D eigenvalue weighted by atomic mass is 16.5. The van der Waals surface area contributed by atoms with Crippen LogP contribution in [0.5, 0.6) is 5.75 Å². The number of amides is 1. The molecule has 162 valence electrons. The second-order valence-corrected chi connectivity index (χ2v) is 7.63. The van der Waals surface area contributed by atoms with Gasteiger partial charge in [0.2, 0.25) is 6.41 Å². The number of rotatable bonds is 7. The van der Waals surface area contributed by atoms with E-state index in [1.165, 1.54) is 29.7 Å². The molecule has 1 saturated carbocycles. The molecule has 1 aromatic heterocycles. The SMILES string of the molecule is CNc1cccc(C)c1COc1ccc(-c2cccc(C3CC3)n2)cc1C.NNC=O. The van der Waals surface area contributed by atoms with E-state index in [-0.39, 0.29) is 0 Å². The molecule has 0 bridgehead atoms. The van der Waals surface area contributed by atoms with Crippen molar-refractivity contribution in [3.63, 3.8) is 0 Å². The second-order valence-electron chi connectivity index (χ2n) is 7.63. The van der Waals surface area contributed by atoms with Crippen LogP contribution in [0.15, 0.2) is 54.6 Å². The molecule has 0 aliphatic heterocycles. The Morgan fingerprint density at radius 3 is 2.48 bits per heavy atom. The number of anilines is 1. The van der Waals surface area contributed by atoms with Crippen molar-refractivity contribution >= 4 is 12.1 Å².